The number of rotatable bonds is 5. The lowest BCUT2D eigenvalue weighted by molar-refractivity contribution is -0.141. The van der Waals surface area contributed by atoms with Gasteiger partial charge in [-0.05, 0) is 26.7 Å². The molecule has 1 aliphatic rings. The zero-order chi connectivity index (χ0) is 19.4. The van der Waals surface area contributed by atoms with Gasteiger partial charge in [-0.2, -0.15) is 0 Å². The number of hydrogen-bond donors (Lipinski definition) is 0. The number of ether oxygens (including phenoxy) is 1. The molecule has 1 aromatic carbocycles. The van der Waals surface area contributed by atoms with Crippen molar-refractivity contribution in [2.24, 2.45) is 0 Å². The van der Waals surface area contributed by atoms with Gasteiger partial charge in [0.25, 0.3) is 5.91 Å². The molecule has 3 rings (SSSR count). The number of benzene rings is 1. The van der Waals surface area contributed by atoms with Crippen molar-refractivity contribution in [2.75, 3.05) is 7.05 Å². The molecule has 0 N–H and O–H groups in total. The second-order valence-electron chi connectivity index (χ2n) is 7.19. The number of likely N-dealkylation sites (N-methyl/N-ethyl adjacent to an activating group) is 1. The molecule has 1 heterocycles. The zero-order valence-corrected chi connectivity index (χ0v) is 16.9. The molecule has 0 radical (unpaired) electrons. The lowest BCUT2D eigenvalue weighted by Crippen LogP contribution is -2.44. The van der Waals surface area contributed by atoms with Crippen molar-refractivity contribution in [3.8, 4) is 10.6 Å². The highest BCUT2D eigenvalue weighted by atomic mass is 32.1. The Kier molecular flexibility index (Phi) is 6.26. The van der Waals surface area contributed by atoms with E-state index in [-0.39, 0.29) is 17.6 Å². The standard InChI is InChI=1S/C21H26N2O3S/c1-14-9-11-16(12-10-14)19-22-18(13-27-19)21(25)26-15(2)20(24)23(3)17-7-5-4-6-8-17/h9-13,15,17H,4-8H2,1-3H3/t15-/m0/s1. The maximum atomic E-state index is 12.6. The first kappa shape index (κ1) is 19.5. The van der Waals surface area contributed by atoms with E-state index in [1.807, 2.05) is 31.2 Å². The van der Waals surface area contributed by atoms with E-state index in [0.717, 1.165) is 36.3 Å². The number of carbonyl (C=O) groups is 2. The van der Waals surface area contributed by atoms with Crippen LogP contribution in [0.3, 0.4) is 0 Å². The fraction of sp³-hybridized carbons (Fsp3) is 0.476. The Bertz CT molecular complexity index is 794. The van der Waals surface area contributed by atoms with Crippen LogP contribution < -0.4 is 0 Å². The van der Waals surface area contributed by atoms with Gasteiger partial charge in [0.05, 0.1) is 0 Å². The minimum Gasteiger partial charge on any atom is -0.448 e. The fourth-order valence-electron chi connectivity index (χ4n) is 3.40. The van der Waals surface area contributed by atoms with Gasteiger partial charge >= 0.3 is 5.97 Å². The fourth-order valence-corrected chi connectivity index (χ4v) is 4.20. The SMILES string of the molecule is Cc1ccc(-c2nc(C(=O)O[C@@H](C)C(=O)N(C)C3CCCCC3)cs2)cc1. The largest absolute Gasteiger partial charge is 0.448 e. The molecule has 2 aromatic rings. The van der Waals surface area contributed by atoms with Crippen LogP contribution in [0.1, 0.15) is 55.1 Å². The molecule has 1 fully saturated rings. The predicted molar refractivity (Wildman–Crippen MR) is 107 cm³/mol. The second-order valence-corrected chi connectivity index (χ2v) is 8.05. The van der Waals surface area contributed by atoms with Crippen LogP contribution in [0.15, 0.2) is 29.6 Å². The van der Waals surface area contributed by atoms with E-state index in [4.69, 9.17) is 4.74 Å². The molecule has 0 saturated heterocycles. The van der Waals surface area contributed by atoms with E-state index < -0.39 is 12.1 Å². The van der Waals surface area contributed by atoms with Gasteiger partial charge in [0.2, 0.25) is 0 Å². The Hall–Kier alpha value is -2.21. The van der Waals surface area contributed by atoms with E-state index in [9.17, 15) is 9.59 Å². The van der Waals surface area contributed by atoms with Gasteiger partial charge in [-0.3, -0.25) is 4.79 Å². The Balaban J connectivity index is 1.61. The summed E-state index contributed by atoms with van der Waals surface area (Å²) in [6.45, 7) is 3.66. The lowest BCUT2D eigenvalue weighted by atomic mass is 9.94. The van der Waals surface area contributed by atoms with Crippen LogP contribution in [0, 0.1) is 6.92 Å². The van der Waals surface area contributed by atoms with Crippen molar-refractivity contribution in [3.63, 3.8) is 0 Å². The third kappa shape index (κ3) is 4.75. The van der Waals surface area contributed by atoms with E-state index in [1.54, 1.807) is 24.3 Å². The van der Waals surface area contributed by atoms with Crippen LogP contribution in [0.25, 0.3) is 10.6 Å². The number of carbonyl (C=O) groups excluding carboxylic acids is 2. The molecule has 5 nitrogen and oxygen atoms in total. The van der Waals surface area contributed by atoms with E-state index in [2.05, 4.69) is 4.98 Å². The Labute approximate surface area is 164 Å². The van der Waals surface area contributed by atoms with Gasteiger partial charge in [-0.15, -0.1) is 11.3 Å². The van der Waals surface area contributed by atoms with Gasteiger partial charge in [0, 0.05) is 24.0 Å². The first-order chi connectivity index (χ1) is 13.0. The average molecular weight is 387 g/mol. The summed E-state index contributed by atoms with van der Waals surface area (Å²) in [7, 11) is 1.81. The Morgan fingerprint density at radius 1 is 1.19 bits per heavy atom. The van der Waals surface area contributed by atoms with Crippen molar-refractivity contribution in [1.82, 2.24) is 9.88 Å². The molecule has 1 aliphatic carbocycles. The quantitative estimate of drug-likeness (QED) is 0.712. The summed E-state index contributed by atoms with van der Waals surface area (Å²) in [6.07, 6.45) is 4.77. The monoisotopic (exact) mass is 386 g/mol. The molecule has 0 unspecified atom stereocenters. The topological polar surface area (TPSA) is 59.5 Å². The number of nitrogens with zero attached hydrogens (tertiary/aromatic N) is 2. The highest BCUT2D eigenvalue weighted by Crippen LogP contribution is 2.25. The summed E-state index contributed by atoms with van der Waals surface area (Å²) >= 11 is 1.39. The summed E-state index contributed by atoms with van der Waals surface area (Å²) in [6, 6.07) is 8.23. The lowest BCUT2D eigenvalue weighted by Gasteiger charge is -2.32. The van der Waals surface area contributed by atoms with Gasteiger partial charge in [-0.1, -0.05) is 49.1 Å². The molecular weight excluding hydrogens is 360 g/mol. The summed E-state index contributed by atoms with van der Waals surface area (Å²) in [5, 5.41) is 2.44. The van der Waals surface area contributed by atoms with Gasteiger partial charge in [0.15, 0.2) is 11.8 Å². The smallest absolute Gasteiger partial charge is 0.358 e. The van der Waals surface area contributed by atoms with E-state index >= 15 is 0 Å². The maximum Gasteiger partial charge on any atom is 0.358 e. The third-order valence-corrected chi connectivity index (χ3v) is 6.00. The molecule has 0 aliphatic heterocycles. The molecule has 27 heavy (non-hydrogen) atoms. The first-order valence-electron chi connectivity index (χ1n) is 9.46. The highest BCUT2D eigenvalue weighted by Gasteiger charge is 2.28. The molecule has 1 saturated carbocycles. The molecule has 6 heteroatoms. The molecule has 144 valence electrons. The Morgan fingerprint density at radius 2 is 1.85 bits per heavy atom. The van der Waals surface area contributed by atoms with Crippen LogP contribution in [0.5, 0.6) is 0 Å². The molecule has 1 atom stereocenters. The summed E-state index contributed by atoms with van der Waals surface area (Å²) in [4.78, 5) is 31.1. The number of esters is 1. The predicted octanol–water partition coefficient (Wildman–Crippen LogP) is 4.45. The van der Waals surface area contributed by atoms with Crippen LogP contribution in [0.2, 0.25) is 0 Å². The molecule has 1 aromatic heterocycles. The van der Waals surface area contributed by atoms with Crippen LogP contribution >= 0.6 is 11.3 Å². The highest BCUT2D eigenvalue weighted by molar-refractivity contribution is 7.13. The molecular formula is C21H26N2O3S. The van der Waals surface area contributed by atoms with Crippen molar-refractivity contribution in [1.29, 1.82) is 0 Å². The number of hydrogen-bond acceptors (Lipinski definition) is 5. The number of aryl methyl sites for hydroxylation is 1. The normalized spacial score (nSPS) is 16.0. The van der Waals surface area contributed by atoms with Crippen molar-refractivity contribution >= 4 is 23.2 Å². The van der Waals surface area contributed by atoms with Gasteiger partial charge < -0.3 is 9.64 Å². The summed E-state index contributed by atoms with van der Waals surface area (Å²) in [5.74, 6) is -0.702. The number of amides is 1. The van der Waals surface area contributed by atoms with Crippen molar-refractivity contribution in [3.05, 3.63) is 40.9 Å². The average Bonchev–Trinajstić information content (AvgIpc) is 3.18. The van der Waals surface area contributed by atoms with Crippen LogP contribution in [-0.4, -0.2) is 41.0 Å². The maximum absolute atomic E-state index is 12.6. The van der Waals surface area contributed by atoms with Crippen LogP contribution in [0.4, 0.5) is 0 Å². The summed E-state index contributed by atoms with van der Waals surface area (Å²) < 4.78 is 5.39. The zero-order valence-electron chi connectivity index (χ0n) is 16.1. The minimum absolute atomic E-state index is 0.149. The van der Waals surface area contributed by atoms with Gasteiger partial charge in [-0.25, -0.2) is 9.78 Å². The minimum atomic E-state index is -0.811. The van der Waals surface area contributed by atoms with Gasteiger partial charge in [0.1, 0.15) is 5.01 Å². The van der Waals surface area contributed by atoms with E-state index in [1.165, 1.54) is 23.3 Å². The van der Waals surface area contributed by atoms with Crippen molar-refractivity contribution in [2.45, 2.75) is 58.1 Å². The number of aromatic nitrogens is 1. The molecule has 0 bridgehead atoms. The third-order valence-electron chi connectivity index (χ3n) is 5.11. The first-order valence-corrected chi connectivity index (χ1v) is 10.3. The molecule has 1 amide bonds. The van der Waals surface area contributed by atoms with Crippen molar-refractivity contribution < 1.29 is 14.3 Å². The number of thiazole rings is 1. The Morgan fingerprint density at radius 3 is 2.52 bits per heavy atom. The van der Waals surface area contributed by atoms with E-state index in [0.29, 0.717) is 0 Å². The molecule has 0 spiro atoms. The second kappa shape index (κ2) is 8.65. The summed E-state index contributed by atoms with van der Waals surface area (Å²) in [5.41, 5.74) is 2.38. The van der Waals surface area contributed by atoms with Crippen LogP contribution in [-0.2, 0) is 9.53 Å².